The van der Waals surface area contributed by atoms with E-state index >= 15 is 0 Å². The molecule has 2 aromatic heterocycles. The second kappa shape index (κ2) is 9.53. The van der Waals surface area contributed by atoms with Crippen LogP contribution in [0, 0.1) is 6.07 Å². The maximum atomic E-state index is 10.1. The molecule has 3 aromatic rings. The molecule has 0 aliphatic rings. The van der Waals surface area contributed by atoms with Crippen molar-refractivity contribution in [2.45, 2.75) is 0 Å². The Morgan fingerprint density at radius 1 is 0.909 bits per heavy atom. The molecule has 0 aliphatic heterocycles. The topological polar surface area (TPSA) is 63.1 Å². The third-order valence-electron chi connectivity index (χ3n) is 2.53. The number of carbonyl (C=O) groups is 1. The van der Waals surface area contributed by atoms with E-state index < -0.39 is 5.97 Å². The Labute approximate surface area is 141 Å². The van der Waals surface area contributed by atoms with Crippen molar-refractivity contribution in [2.75, 3.05) is 0 Å². The fourth-order valence-corrected chi connectivity index (χ4v) is 1.56. The van der Waals surface area contributed by atoms with Crippen LogP contribution >= 0.6 is 0 Å². The van der Waals surface area contributed by atoms with Crippen molar-refractivity contribution in [2.24, 2.45) is 0 Å². The van der Waals surface area contributed by atoms with E-state index in [-0.39, 0.29) is 25.2 Å². The molecule has 0 amide bonds. The molecule has 0 spiro atoms. The zero-order valence-electron chi connectivity index (χ0n) is 11.5. The van der Waals surface area contributed by atoms with Crippen molar-refractivity contribution < 1.29 is 29.4 Å². The molecular weight excluding hydrogens is 367 g/mol. The molecule has 3 rings (SSSR count). The zero-order chi connectivity index (χ0) is 14.9. The first-order valence-corrected chi connectivity index (χ1v) is 6.30. The second-order valence-corrected chi connectivity index (χ2v) is 4.01. The number of hydrogen-bond acceptors (Lipinski definition) is 3. The molecule has 2 heterocycles. The monoisotopic (exact) mass is 380 g/mol. The van der Waals surface area contributed by atoms with E-state index in [4.69, 9.17) is 5.11 Å². The van der Waals surface area contributed by atoms with Gasteiger partial charge in [-0.3, -0.25) is 0 Å². The number of pyridine rings is 2. The minimum Gasteiger partial charge on any atom is -0.477 e. The molecule has 0 atom stereocenters. The SMILES string of the molecule is O=C(O)c1ccccn1.[Rh].[c-]1ccccc1-c1ccccn1. The number of carboxylic acid groups (broad SMARTS) is 1. The summed E-state index contributed by atoms with van der Waals surface area (Å²) in [5.74, 6) is -0.990. The van der Waals surface area contributed by atoms with Crippen molar-refractivity contribution in [1.29, 1.82) is 0 Å². The van der Waals surface area contributed by atoms with E-state index in [0.29, 0.717) is 0 Å². The van der Waals surface area contributed by atoms with Crippen LogP contribution in [0.3, 0.4) is 0 Å². The number of carboxylic acids is 1. The minimum atomic E-state index is -0.990. The van der Waals surface area contributed by atoms with Crippen LogP contribution in [0.1, 0.15) is 10.5 Å². The van der Waals surface area contributed by atoms with Gasteiger partial charge in [0.05, 0.1) is 0 Å². The summed E-state index contributed by atoms with van der Waals surface area (Å²) in [4.78, 5) is 17.9. The Bertz CT molecular complexity index is 639. The number of aromatic carboxylic acids is 1. The normalized spacial score (nSPS) is 8.91. The van der Waals surface area contributed by atoms with Gasteiger partial charge >= 0.3 is 5.97 Å². The van der Waals surface area contributed by atoms with Gasteiger partial charge in [0.1, 0.15) is 5.69 Å². The van der Waals surface area contributed by atoms with E-state index in [1.165, 1.54) is 12.3 Å². The number of benzene rings is 1. The van der Waals surface area contributed by atoms with Crippen LogP contribution in [0.2, 0.25) is 0 Å². The first-order chi connectivity index (χ1) is 10.3. The molecular formula is C17H13N2O2Rh-. The van der Waals surface area contributed by atoms with Crippen LogP contribution in [0.15, 0.2) is 73.1 Å². The van der Waals surface area contributed by atoms with Gasteiger partial charge in [0.15, 0.2) is 0 Å². The smallest absolute Gasteiger partial charge is 0.354 e. The summed E-state index contributed by atoms with van der Waals surface area (Å²) in [5.41, 5.74) is 2.09. The fraction of sp³-hybridized carbons (Fsp3) is 0. The Balaban J connectivity index is 0.000000219. The van der Waals surface area contributed by atoms with Gasteiger partial charge in [0.25, 0.3) is 0 Å². The van der Waals surface area contributed by atoms with Gasteiger partial charge in [-0.1, -0.05) is 18.2 Å². The quantitative estimate of drug-likeness (QED) is 0.547. The standard InChI is InChI=1S/C11H8N.C6H5NO2.Rh/c1-2-6-10(7-3-1)11-8-4-5-9-12-11;8-6(9)5-3-1-2-4-7-5;/h1-6,8-9H;1-4H,(H,8,9);/q-1;;. The van der Waals surface area contributed by atoms with Crippen molar-refractivity contribution in [3.63, 3.8) is 0 Å². The summed E-state index contributed by atoms with van der Waals surface area (Å²) in [6.45, 7) is 0. The molecule has 0 aliphatic carbocycles. The first-order valence-electron chi connectivity index (χ1n) is 6.30. The zero-order valence-corrected chi connectivity index (χ0v) is 13.2. The molecule has 1 aromatic carbocycles. The summed E-state index contributed by atoms with van der Waals surface area (Å²) in [5, 5.41) is 8.32. The van der Waals surface area contributed by atoms with E-state index in [0.717, 1.165) is 11.3 Å². The number of aromatic nitrogens is 2. The summed E-state index contributed by atoms with van der Waals surface area (Å²) in [7, 11) is 0. The maximum Gasteiger partial charge on any atom is 0.354 e. The van der Waals surface area contributed by atoms with E-state index in [9.17, 15) is 4.79 Å². The van der Waals surface area contributed by atoms with Crippen molar-refractivity contribution >= 4 is 5.97 Å². The van der Waals surface area contributed by atoms with Crippen molar-refractivity contribution in [3.05, 3.63) is 84.8 Å². The summed E-state index contributed by atoms with van der Waals surface area (Å²) >= 11 is 0. The molecule has 1 N–H and O–H groups in total. The van der Waals surface area contributed by atoms with Crippen molar-refractivity contribution in [1.82, 2.24) is 9.97 Å². The molecule has 0 unspecified atom stereocenters. The molecule has 4 nitrogen and oxygen atoms in total. The van der Waals surface area contributed by atoms with Crippen LogP contribution < -0.4 is 0 Å². The number of rotatable bonds is 2. The molecule has 0 saturated carbocycles. The summed E-state index contributed by atoms with van der Waals surface area (Å²) in [6, 6.07) is 21.6. The number of nitrogens with zero attached hydrogens (tertiary/aromatic N) is 2. The van der Waals surface area contributed by atoms with Crippen molar-refractivity contribution in [3.8, 4) is 11.3 Å². The van der Waals surface area contributed by atoms with Crippen LogP contribution in [-0.2, 0) is 19.5 Å². The van der Waals surface area contributed by atoms with Gasteiger partial charge in [-0.05, 0) is 23.9 Å². The molecule has 22 heavy (non-hydrogen) atoms. The molecule has 1 radical (unpaired) electrons. The predicted molar refractivity (Wildman–Crippen MR) is 79.7 cm³/mol. The van der Waals surface area contributed by atoms with Crippen LogP contribution in [-0.4, -0.2) is 21.0 Å². The maximum absolute atomic E-state index is 10.1. The van der Waals surface area contributed by atoms with Crippen LogP contribution in [0.4, 0.5) is 0 Å². The van der Waals surface area contributed by atoms with Gasteiger partial charge in [-0.25, -0.2) is 9.78 Å². The Hall–Kier alpha value is -2.39. The second-order valence-electron chi connectivity index (χ2n) is 4.01. The van der Waals surface area contributed by atoms with E-state index in [1.54, 1.807) is 18.3 Å². The first kappa shape index (κ1) is 17.7. The average molecular weight is 380 g/mol. The molecule has 0 fully saturated rings. The van der Waals surface area contributed by atoms with Gasteiger partial charge in [-0.2, -0.15) is 0 Å². The molecule has 5 heteroatoms. The summed E-state index contributed by atoms with van der Waals surface area (Å²) in [6.07, 6.45) is 3.24. The Morgan fingerprint density at radius 2 is 1.59 bits per heavy atom. The Kier molecular flexibility index (Phi) is 7.65. The number of hydrogen-bond donors (Lipinski definition) is 1. The molecule has 0 saturated heterocycles. The fourth-order valence-electron chi connectivity index (χ4n) is 1.56. The third kappa shape index (κ3) is 5.54. The summed E-state index contributed by atoms with van der Waals surface area (Å²) < 4.78 is 0. The van der Waals surface area contributed by atoms with Crippen LogP contribution in [0.5, 0.6) is 0 Å². The largest absolute Gasteiger partial charge is 0.477 e. The Morgan fingerprint density at radius 3 is 2.05 bits per heavy atom. The average Bonchev–Trinajstić information content (AvgIpc) is 2.58. The van der Waals surface area contributed by atoms with Gasteiger partial charge in [0.2, 0.25) is 0 Å². The molecule has 0 bridgehead atoms. The van der Waals surface area contributed by atoms with Gasteiger partial charge in [-0.15, -0.1) is 35.9 Å². The molecule has 113 valence electrons. The van der Waals surface area contributed by atoms with Crippen LogP contribution in [0.25, 0.3) is 11.3 Å². The predicted octanol–water partition coefficient (Wildman–Crippen LogP) is 3.33. The minimum absolute atomic E-state index is 0. The van der Waals surface area contributed by atoms with E-state index in [1.807, 2.05) is 42.5 Å². The van der Waals surface area contributed by atoms with Gasteiger partial charge < -0.3 is 10.1 Å². The van der Waals surface area contributed by atoms with Gasteiger partial charge in [0, 0.05) is 31.9 Å². The van der Waals surface area contributed by atoms with E-state index in [2.05, 4.69) is 16.0 Å². The third-order valence-corrected chi connectivity index (χ3v) is 2.53.